The number of rotatable bonds is 2. The molecule has 4 nitrogen and oxygen atoms in total. The molecule has 3 aliphatic heterocycles. The number of fused-ring (bicyclic) bond motifs is 7. The molecule has 1 N–H and O–H groups in total. The smallest absolute Gasteiger partial charge is 0.198 e. The van der Waals surface area contributed by atoms with E-state index in [2.05, 4.69) is 138 Å². The first-order valence-electron chi connectivity index (χ1n) is 18.3. The van der Waals surface area contributed by atoms with Crippen LogP contribution in [0, 0.1) is 13.8 Å². The predicted molar refractivity (Wildman–Crippen MR) is 217 cm³/mol. The molecule has 6 aromatic rings. The average Bonchev–Trinajstić information content (AvgIpc) is 3.13. The van der Waals surface area contributed by atoms with E-state index in [9.17, 15) is 0 Å². The number of ether oxygens (including phenoxy) is 2. The van der Waals surface area contributed by atoms with Gasteiger partial charge in [0.1, 0.15) is 0 Å². The van der Waals surface area contributed by atoms with E-state index in [4.69, 9.17) is 9.47 Å². The molecule has 0 saturated carbocycles. The number of nitrogens with zero attached hydrogens (tertiary/aromatic N) is 1. The first-order valence-corrected chi connectivity index (χ1v) is 19.1. The summed E-state index contributed by atoms with van der Waals surface area (Å²) in [6, 6.07) is 37.2. The fourth-order valence-electron chi connectivity index (χ4n) is 8.61. The highest BCUT2D eigenvalue weighted by molar-refractivity contribution is 7.99. The maximum absolute atomic E-state index is 6.53. The molecule has 6 aromatic carbocycles. The van der Waals surface area contributed by atoms with Crippen molar-refractivity contribution in [1.29, 1.82) is 0 Å². The summed E-state index contributed by atoms with van der Waals surface area (Å²) in [7, 11) is 2.35. The van der Waals surface area contributed by atoms with Gasteiger partial charge in [-0.25, -0.2) is 0 Å². The van der Waals surface area contributed by atoms with Gasteiger partial charge in [-0.3, -0.25) is 0 Å². The summed E-state index contributed by atoms with van der Waals surface area (Å²) >= 11 is 1.83. The van der Waals surface area contributed by atoms with Crippen LogP contribution in [0.1, 0.15) is 62.8 Å². The van der Waals surface area contributed by atoms with Crippen molar-refractivity contribution in [3.05, 3.63) is 125 Å². The second kappa shape index (κ2) is 11.2. The lowest BCUT2D eigenvalue weighted by Gasteiger charge is -2.44. The van der Waals surface area contributed by atoms with Crippen LogP contribution in [0.5, 0.6) is 23.0 Å². The van der Waals surface area contributed by atoms with Gasteiger partial charge in [-0.15, -0.1) is 0 Å². The maximum atomic E-state index is 6.53. The highest BCUT2D eigenvalue weighted by atomic mass is 32.2. The van der Waals surface area contributed by atoms with Gasteiger partial charge in [-0.1, -0.05) is 93.5 Å². The second-order valence-electron chi connectivity index (χ2n) is 16.1. The summed E-state index contributed by atoms with van der Waals surface area (Å²) in [6.07, 6.45) is 2.34. The summed E-state index contributed by atoms with van der Waals surface area (Å²) in [5, 5.41) is 3.82. The molecule has 4 aliphatic rings. The summed E-state index contributed by atoms with van der Waals surface area (Å²) in [6.45, 7) is 14.1. The van der Waals surface area contributed by atoms with Crippen LogP contribution in [0.4, 0.5) is 28.4 Å². The summed E-state index contributed by atoms with van der Waals surface area (Å²) in [5.74, 6) is 2.91. The largest absolute Gasteiger partial charge is 0.450 e. The molecule has 0 aromatic heterocycles. The topological polar surface area (TPSA) is 33.7 Å². The van der Waals surface area contributed by atoms with E-state index in [-0.39, 0.29) is 10.8 Å². The standard InChI is InChI=1S/C46H40BN2O2S/c1-26-20-29(28-12-11-17-42-44(28)48-33-13-7-10-16-41(33)52-42)43-36(21-26)49(34-23-31-30(22-27(34)2)45(3,4)18-19-46(31,5)6)35-25-40-39(24-32(35)47-43)50-37-14-8-9-15-38(37)51-40/h7-17,20-25,48H,18-19H2,1-6H3. The Morgan fingerprint density at radius 2 is 1.31 bits per heavy atom. The summed E-state index contributed by atoms with van der Waals surface area (Å²) < 4.78 is 13.0. The molecule has 0 fully saturated rings. The lowest BCUT2D eigenvalue weighted by atomic mass is 9.57. The maximum Gasteiger partial charge on any atom is 0.198 e. The number of hydrogen-bond donors (Lipinski definition) is 1. The van der Waals surface area contributed by atoms with Crippen molar-refractivity contribution in [2.75, 3.05) is 10.2 Å². The van der Waals surface area contributed by atoms with Crippen LogP contribution in [0.3, 0.4) is 0 Å². The summed E-state index contributed by atoms with van der Waals surface area (Å²) in [5.41, 5.74) is 16.0. The van der Waals surface area contributed by atoms with Gasteiger partial charge in [0.15, 0.2) is 30.3 Å². The normalized spacial score (nSPS) is 16.5. The molecule has 0 amide bonds. The third-order valence-corrected chi connectivity index (χ3v) is 12.7. The minimum absolute atomic E-state index is 0.0673. The molecule has 0 saturated heterocycles. The van der Waals surface area contributed by atoms with E-state index in [0.29, 0.717) is 0 Å². The molecule has 0 unspecified atom stereocenters. The monoisotopic (exact) mass is 695 g/mol. The van der Waals surface area contributed by atoms with Gasteiger partial charge in [-0.2, -0.15) is 0 Å². The van der Waals surface area contributed by atoms with Crippen molar-refractivity contribution < 1.29 is 9.47 Å². The van der Waals surface area contributed by atoms with Gasteiger partial charge in [0.25, 0.3) is 0 Å². The van der Waals surface area contributed by atoms with Gasteiger partial charge >= 0.3 is 0 Å². The highest BCUT2D eigenvalue weighted by Crippen LogP contribution is 2.53. The van der Waals surface area contributed by atoms with Crippen LogP contribution in [0.2, 0.25) is 0 Å². The van der Waals surface area contributed by atoms with Crippen molar-refractivity contribution in [1.82, 2.24) is 0 Å². The Morgan fingerprint density at radius 1 is 0.635 bits per heavy atom. The number of aryl methyl sites for hydroxylation is 2. The molecule has 0 spiro atoms. The van der Waals surface area contributed by atoms with E-state index in [0.717, 1.165) is 57.6 Å². The Labute approximate surface area is 311 Å². The zero-order chi connectivity index (χ0) is 35.5. The van der Waals surface area contributed by atoms with Crippen LogP contribution >= 0.6 is 11.8 Å². The van der Waals surface area contributed by atoms with Crippen LogP contribution in [0.15, 0.2) is 113 Å². The number of hydrogen-bond acceptors (Lipinski definition) is 5. The van der Waals surface area contributed by atoms with Gasteiger partial charge in [0.2, 0.25) is 0 Å². The lowest BCUT2D eigenvalue weighted by Crippen LogP contribution is -2.41. The molecular formula is C46H40BN2O2S. The van der Waals surface area contributed by atoms with E-state index in [1.54, 1.807) is 0 Å². The molecule has 0 atom stereocenters. The van der Waals surface area contributed by atoms with Crippen molar-refractivity contribution in [3.63, 3.8) is 0 Å². The zero-order valence-corrected chi connectivity index (χ0v) is 31.3. The molecule has 10 rings (SSSR count). The van der Waals surface area contributed by atoms with Crippen molar-refractivity contribution >= 4 is 58.4 Å². The molecular weight excluding hydrogens is 655 g/mol. The van der Waals surface area contributed by atoms with Crippen LogP contribution in [-0.4, -0.2) is 7.28 Å². The van der Waals surface area contributed by atoms with E-state index in [1.165, 1.54) is 60.7 Å². The van der Waals surface area contributed by atoms with Gasteiger partial charge in [0, 0.05) is 38.5 Å². The molecule has 3 heterocycles. The summed E-state index contributed by atoms with van der Waals surface area (Å²) in [4.78, 5) is 4.96. The van der Waals surface area contributed by atoms with Gasteiger partial charge in [-0.05, 0) is 119 Å². The van der Waals surface area contributed by atoms with Gasteiger partial charge < -0.3 is 19.7 Å². The molecule has 52 heavy (non-hydrogen) atoms. The van der Waals surface area contributed by atoms with Crippen LogP contribution in [-0.2, 0) is 10.8 Å². The molecule has 1 radical (unpaired) electrons. The second-order valence-corrected chi connectivity index (χ2v) is 17.2. The first kappa shape index (κ1) is 31.7. The number of benzene rings is 6. The Kier molecular flexibility index (Phi) is 6.83. The third-order valence-electron chi connectivity index (χ3n) is 11.6. The molecule has 1 aliphatic carbocycles. The SMILES string of the molecule is Cc1cc(-c2cccc3c2Nc2ccccc2S3)c2c(c1)N(c1cc3c(cc1C)C(C)(C)CCC3(C)C)c1cc3c(cc1[B]2)Oc1ccccc1O3. The Hall–Kier alpha value is -5.07. The average molecular weight is 696 g/mol. The molecule has 6 heteroatoms. The number of nitrogens with one attached hydrogen (secondary N) is 1. The molecule has 255 valence electrons. The Morgan fingerprint density at radius 3 is 2.08 bits per heavy atom. The van der Waals surface area contributed by atoms with Crippen LogP contribution in [0.25, 0.3) is 11.1 Å². The van der Waals surface area contributed by atoms with E-state index < -0.39 is 0 Å². The minimum Gasteiger partial charge on any atom is -0.450 e. The third kappa shape index (κ3) is 4.84. The predicted octanol–water partition coefficient (Wildman–Crippen LogP) is 11.9. The van der Waals surface area contributed by atoms with Crippen molar-refractivity contribution in [2.45, 2.75) is 75.0 Å². The Balaban J connectivity index is 1.21. The van der Waals surface area contributed by atoms with Crippen LogP contribution < -0.4 is 30.6 Å². The number of para-hydroxylation sites is 4. The minimum atomic E-state index is 0.0673. The van der Waals surface area contributed by atoms with Crippen molar-refractivity contribution in [3.8, 4) is 34.1 Å². The fourth-order valence-corrected chi connectivity index (χ4v) is 9.63. The molecule has 0 bridgehead atoms. The highest BCUT2D eigenvalue weighted by Gasteiger charge is 2.39. The van der Waals surface area contributed by atoms with Gasteiger partial charge in [0.05, 0.1) is 11.4 Å². The fraction of sp³-hybridized carbons (Fsp3) is 0.217. The van der Waals surface area contributed by atoms with Crippen molar-refractivity contribution in [2.24, 2.45) is 0 Å². The van der Waals surface area contributed by atoms with E-state index >= 15 is 0 Å². The number of anilines is 5. The zero-order valence-electron chi connectivity index (χ0n) is 30.5. The first-order chi connectivity index (χ1) is 25.0. The Bertz CT molecular complexity index is 2500. The lowest BCUT2D eigenvalue weighted by molar-refractivity contribution is 0.332. The quantitative estimate of drug-likeness (QED) is 0.182. The van der Waals surface area contributed by atoms with E-state index in [1.807, 2.05) is 36.0 Å².